The number of para-hydroxylation sites is 2. The Morgan fingerprint density at radius 2 is 1.20 bits per heavy atom. The van der Waals surface area contributed by atoms with Gasteiger partial charge in [-0.05, 0) is 82.7 Å². The van der Waals surface area contributed by atoms with Gasteiger partial charge in [0.25, 0.3) is 0 Å². The molecule has 0 aliphatic carbocycles. The van der Waals surface area contributed by atoms with E-state index in [1.807, 2.05) is 72.8 Å². The van der Waals surface area contributed by atoms with Crippen LogP contribution in [0.3, 0.4) is 0 Å². The fourth-order valence-electron chi connectivity index (χ4n) is 7.42. The number of hydrogen-bond acceptors (Lipinski definition) is 3. The summed E-state index contributed by atoms with van der Waals surface area (Å²) >= 11 is 0. The van der Waals surface area contributed by atoms with Gasteiger partial charge in [-0.2, -0.15) is 5.26 Å². The maximum atomic E-state index is 10.4. The number of nitrogens with zero attached hydrogens (tertiary/aromatic N) is 3. The summed E-state index contributed by atoms with van der Waals surface area (Å²) in [6, 6.07) is 49.3. The van der Waals surface area contributed by atoms with E-state index in [1.54, 1.807) is 0 Å². The molecule has 49 heavy (non-hydrogen) atoms. The van der Waals surface area contributed by atoms with E-state index in [2.05, 4.69) is 82.2 Å². The van der Waals surface area contributed by atoms with E-state index >= 15 is 0 Å². The first kappa shape index (κ1) is 27.1. The van der Waals surface area contributed by atoms with E-state index in [0.29, 0.717) is 16.8 Å². The van der Waals surface area contributed by atoms with Gasteiger partial charge in [-0.3, -0.25) is 0 Å². The lowest BCUT2D eigenvalue weighted by Gasteiger charge is -2.16. The molecule has 0 saturated carbocycles. The molecule has 0 N–H and O–H groups in total. The Labute approximate surface area is 279 Å². The second-order valence-corrected chi connectivity index (χ2v) is 12.3. The highest BCUT2D eigenvalue weighted by molar-refractivity contribution is 6.19. The van der Waals surface area contributed by atoms with Crippen LogP contribution in [0.1, 0.15) is 5.56 Å². The number of furan rings is 2. The number of rotatable bonds is 3. The smallest absolute Gasteiger partial charge is 0.188 e. The van der Waals surface area contributed by atoms with Crippen LogP contribution in [-0.2, 0) is 0 Å². The minimum Gasteiger partial charge on any atom is -0.452 e. The second kappa shape index (κ2) is 10.2. The van der Waals surface area contributed by atoms with Gasteiger partial charge in [0.2, 0.25) is 0 Å². The van der Waals surface area contributed by atoms with E-state index in [-0.39, 0.29) is 0 Å². The lowest BCUT2D eigenvalue weighted by molar-refractivity contribution is 0.633. The molecule has 5 heteroatoms. The first-order valence-electron chi connectivity index (χ1n) is 16.0. The standard InChI is InChI=1S/C44H23N3O2/c1-46-30-16-19-39-35(24-30)32-11-5-6-13-38(32)47(39)42-29(25-45)10-7-12-31(42)28-15-21-41-37(23-28)34-18-17-33-36-22-27(26-8-3-2-4-9-26)14-20-40(36)48-43(33)44(34)49-41/h2-24H. The Kier molecular flexibility index (Phi) is 5.64. The molecule has 0 unspecified atom stereocenters. The Bertz CT molecular complexity index is 3070. The van der Waals surface area contributed by atoms with Crippen molar-refractivity contribution in [2.45, 2.75) is 0 Å². The molecule has 0 atom stereocenters. The van der Waals surface area contributed by atoms with Gasteiger partial charge in [0, 0.05) is 32.5 Å². The third-order valence-electron chi connectivity index (χ3n) is 9.66. The van der Waals surface area contributed by atoms with Gasteiger partial charge < -0.3 is 13.4 Å². The van der Waals surface area contributed by atoms with Crippen LogP contribution >= 0.6 is 0 Å². The molecule has 10 rings (SSSR count). The average Bonchev–Trinajstić information content (AvgIpc) is 3.83. The van der Waals surface area contributed by atoms with Crippen LogP contribution in [0.15, 0.2) is 148 Å². The van der Waals surface area contributed by atoms with Crippen LogP contribution in [-0.4, -0.2) is 4.57 Å². The molecule has 0 saturated heterocycles. The van der Waals surface area contributed by atoms with E-state index < -0.39 is 0 Å². The number of nitriles is 1. The first-order valence-corrected chi connectivity index (χ1v) is 16.0. The molecular formula is C44H23N3O2. The van der Waals surface area contributed by atoms with Crippen molar-refractivity contribution in [2.75, 3.05) is 0 Å². The molecule has 5 nitrogen and oxygen atoms in total. The molecule has 0 aliphatic rings. The molecule has 0 spiro atoms. The molecule has 10 aromatic rings. The van der Waals surface area contributed by atoms with E-state index in [1.165, 1.54) is 0 Å². The van der Waals surface area contributed by atoms with Crippen LogP contribution in [0.25, 0.3) is 98.5 Å². The van der Waals surface area contributed by atoms with Crippen molar-refractivity contribution in [3.05, 3.63) is 157 Å². The number of fused-ring (bicyclic) bond motifs is 10. The fourth-order valence-corrected chi connectivity index (χ4v) is 7.42. The first-order chi connectivity index (χ1) is 24.2. The zero-order valence-electron chi connectivity index (χ0n) is 25.9. The van der Waals surface area contributed by atoms with Crippen LogP contribution in [0.5, 0.6) is 0 Å². The molecule has 7 aromatic carbocycles. The SMILES string of the molecule is [C-]#[N+]c1ccc2c(c1)c1ccccc1n2-c1c(C#N)cccc1-c1ccc2oc3c(ccc4c5cc(-c6ccccc6)ccc5oc43)c2c1. The topological polar surface area (TPSA) is 59.4 Å². The van der Waals surface area contributed by atoms with Crippen molar-refractivity contribution < 1.29 is 8.83 Å². The molecule has 3 aromatic heterocycles. The van der Waals surface area contributed by atoms with Crippen molar-refractivity contribution in [2.24, 2.45) is 0 Å². The average molecular weight is 626 g/mol. The van der Waals surface area contributed by atoms with Gasteiger partial charge >= 0.3 is 0 Å². The van der Waals surface area contributed by atoms with Crippen LogP contribution in [0.4, 0.5) is 5.69 Å². The van der Waals surface area contributed by atoms with Gasteiger partial charge in [0.15, 0.2) is 16.9 Å². The molecule has 0 fully saturated rings. The minimum absolute atomic E-state index is 0.561. The Balaban J connectivity index is 1.19. The summed E-state index contributed by atoms with van der Waals surface area (Å²) in [5, 5.41) is 16.4. The molecule has 0 radical (unpaired) electrons. The molecule has 0 aliphatic heterocycles. The predicted octanol–water partition coefficient (Wildman–Crippen LogP) is 12.3. The molecule has 226 valence electrons. The highest BCUT2D eigenvalue weighted by Gasteiger charge is 2.21. The van der Waals surface area contributed by atoms with Crippen molar-refractivity contribution in [1.82, 2.24) is 4.57 Å². The second-order valence-electron chi connectivity index (χ2n) is 12.3. The molecule has 3 heterocycles. The Morgan fingerprint density at radius 3 is 1.94 bits per heavy atom. The zero-order valence-corrected chi connectivity index (χ0v) is 25.9. The van der Waals surface area contributed by atoms with Gasteiger partial charge in [-0.15, -0.1) is 0 Å². The summed E-state index contributed by atoms with van der Waals surface area (Å²) in [4.78, 5) is 3.68. The number of benzene rings is 7. The summed E-state index contributed by atoms with van der Waals surface area (Å²) in [7, 11) is 0. The maximum Gasteiger partial charge on any atom is 0.188 e. The summed E-state index contributed by atoms with van der Waals surface area (Å²) < 4.78 is 15.1. The van der Waals surface area contributed by atoms with Crippen LogP contribution in [0, 0.1) is 17.9 Å². The number of hydrogen-bond donors (Lipinski definition) is 0. The normalized spacial score (nSPS) is 11.6. The highest BCUT2D eigenvalue weighted by Crippen LogP contribution is 2.43. The monoisotopic (exact) mass is 625 g/mol. The lowest BCUT2D eigenvalue weighted by Crippen LogP contribution is -2.00. The lowest BCUT2D eigenvalue weighted by atomic mass is 9.98. The number of aromatic nitrogens is 1. The van der Waals surface area contributed by atoms with Crippen molar-refractivity contribution in [1.29, 1.82) is 5.26 Å². The van der Waals surface area contributed by atoms with Crippen LogP contribution in [0.2, 0.25) is 0 Å². The highest BCUT2D eigenvalue weighted by atomic mass is 16.4. The van der Waals surface area contributed by atoms with Gasteiger partial charge in [0.05, 0.1) is 28.9 Å². The van der Waals surface area contributed by atoms with Gasteiger partial charge in [0.1, 0.15) is 17.2 Å². The van der Waals surface area contributed by atoms with Crippen LogP contribution < -0.4 is 0 Å². The van der Waals surface area contributed by atoms with E-state index in [9.17, 15) is 5.26 Å². The zero-order chi connectivity index (χ0) is 32.6. The summed E-state index contributed by atoms with van der Waals surface area (Å²) in [5.41, 5.74) is 11.0. The van der Waals surface area contributed by atoms with Gasteiger partial charge in [-0.1, -0.05) is 78.9 Å². The van der Waals surface area contributed by atoms with Crippen molar-refractivity contribution >= 4 is 71.4 Å². The molecular weight excluding hydrogens is 603 g/mol. The van der Waals surface area contributed by atoms with Gasteiger partial charge in [-0.25, -0.2) is 4.85 Å². The molecule has 0 bridgehead atoms. The predicted molar refractivity (Wildman–Crippen MR) is 197 cm³/mol. The minimum atomic E-state index is 0.561. The Morgan fingerprint density at radius 1 is 0.531 bits per heavy atom. The quantitative estimate of drug-likeness (QED) is 0.184. The summed E-state index contributed by atoms with van der Waals surface area (Å²) in [6.45, 7) is 7.59. The summed E-state index contributed by atoms with van der Waals surface area (Å²) in [6.07, 6.45) is 0. The van der Waals surface area contributed by atoms with E-state index in [4.69, 9.17) is 15.4 Å². The molecule has 0 amide bonds. The largest absolute Gasteiger partial charge is 0.452 e. The fraction of sp³-hybridized carbons (Fsp3) is 0. The van der Waals surface area contributed by atoms with Crippen molar-refractivity contribution in [3.8, 4) is 34.0 Å². The third-order valence-corrected chi connectivity index (χ3v) is 9.66. The van der Waals surface area contributed by atoms with E-state index in [0.717, 1.165) is 88.0 Å². The Hall–Kier alpha value is -7.08. The maximum absolute atomic E-state index is 10.4. The third kappa shape index (κ3) is 3.91. The van der Waals surface area contributed by atoms with Crippen molar-refractivity contribution in [3.63, 3.8) is 0 Å². The summed E-state index contributed by atoms with van der Waals surface area (Å²) in [5.74, 6) is 0.